The molecule has 0 aliphatic rings. The molecule has 0 unspecified atom stereocenters. The number of rotatable bonds is 7. The van der Waals surface area contributed by atoms with Gasteiger partial charge >= 0.3 is 0 Å². The van der Waals surface area contributed by atoms with E-state index in [0.29, 0.717) is 6.42 Å². The molecule has 7 heteroatoms. The lowest BCUT2D eigenvalue weighted by Crippen LogP contribution is -2.37. The Hall–Kier alpha value is -1.83. The van der Waals surface area contributed by atoms with Crippen molar-refractivity contribution in [2.45, 2.75) is 11.3 Å². The Bertz CT molecular complexity index is 732. The van der Waals surface area contributed by atoms with Crippen molar-refractivity contribution in [3.8, 4) is 0 Å². The van der Waals surface area contributed by atoms with E-state index in [1.807, 2.05) is 30.3 Å². The Morgan fingerprint density at radius 2 is 1.52 bits per heavy atom. The molecule has 0 heterocycles. The van der Waals surface area contributed by atoms with Crippen LogP contribution < -0.4 is 5.73 Å². The first-order chi connectivity index (χ1) is 11.0. The predicted molar refractivity (Wildman–Crippen MR) is 84.3 cm³/mol. The second-order valence-electron chi connectivity index (χ2n) is 4.98. The van der Waals surface area contributed by atoms with Gasteiger partial charge < -0.3 is 5.73 Å². The molecule has 2 N–H and O–H groups in total. The zero-order valence-corrected chi connectivity index (χ0v) is 13.3. The Kier molecular flexibility index (Phi) is 5.81. The highest BCUT2D eigenvalue weighted by Gasteiger charge is 2.30. The van der Waals surface area contributed by atoms with Crippen LogP contribution in [-0.2, 0) is 16.4 Å². The summed E-state index contributed by atoms with van der Waals surface area (Å²) in [6.07, 6.45) is 0.427. The van der Waals surface area contributed by atoms with Crippen LogP contribution in [0.15, 0.2) is 53.4 Å². The number of nitrogens with two attached hydrogens (primary N) is 1. The summed E-state index contributed by atoms with van der Waals surface area (Å²) in [5, 5.41) is 0. The Balaban J connectivity index is 2.28. The molecule has 2 rings (SSSR count). The van der Waals surface area contributed by atoms with Crippen LogP contribution in [0.3, 0.4) is 0 Å². The lowest BCUT2D eigenvalue weighted by Gasteiger charge is -2.22. The standard InChI is InChI=1S/C16H18F2N2O2S/c17-14-7-4-8-15(18)16(14)23(21,22)20(12-10-19)11-9-13-5-2-1-3-6-13/h1-8H,9-12,19H2. The zero-order valence-electron chi connectivity index (χ0n) is 12.5. The van der Waals surface area contributed by atoms with Crippen molar-refractivity contribution >= 4 is 10.0 Å². The fourth-order valence-corrected chi connectivity index (χ4v) is 3.82. The highest BCUT2D eigenvalue weighted by Crippen LogP contribution is 2.22. The number of nitrogens with zero attached hydrogens (tertiary/aromatic N) is 1. The Morgan fingerprint density at radius 1 is 0.913 bits per heavy atom. The molecule has 2 aromatic carbocycles. The van der Waals surface area contributed by atoms with Crippen LogP contribution in [0.25, 0.3) is 0 Å². The van der Waals surface area contributed by atoms with Gasteiger partial charge in [-0.05, 0) is 24.1 Å². The summed E-state index contributed by atoms with van der Waals surface area (Å²) in [5.41, 5.74) is 6.39. The molecule has 0 aliphatic carbocycles. The van der Waals surface area contributed by atoms with E-state index in [9.17, 15) is 17.2 Å². The molecular weight excluding hydrogens is 322 g/mol. The summed E-state index contributed by atoms with van der Waals surface area (Å²) in [5.74, 6) is -2.21. The molecule has 0 atom stereocenters. The van der Waals surface area contributed by atoms with Crippen LogP contribution in [0.2, 0.25) is 0 Å². The van der Waals surface area contributed by atoms with Gasteiger partial charge in [0, 0.05) is 19.6 Å². The van der Waals surface area contributed by atoms with Crippen molar-refractivity contribution in [1.29, 1.82) is 0 Å². The fraction of sp³-hybridized carbons (Fsp3) is 0.250. The SMILES string of the molecule is NCCN(CCc1ccccc1)S(=O)(=O)c1c(F)cccc1F. The average molecular weight is 340 g/mol. The summed E-state index contributed by atoms with van der Waals surface area (Å²) in [7, 11) is -4.29. The molecule has 23 heavy (non-hydrogen) atoms. The van der Waals surface area contributed by atoms with E-state index in [-0.39, 0.29) is 19.6 Å². The molecule has 0 fully saturated rings. The van der Waals surface area contributed by atoms with Gasteiger partial charge in [-0.1, -0.05) is 36.4 Å². The minimum Gasteiger partial charge on any atom is -0.329 e. The van der Waals surface area contributed by atoms with Crippen LogP contribution in [0.5, 0.6) is 0 Å². The lowest BCUT2D eigenvalue weighted by molar-refractivity contribution is 0.411. The predicted octanol–water partition coefficient (Wildman–Crippen LogP) is 2.16. The smallest absolute Gasteiger partial charge is 0.248 e. The third-order valence-electron chi connectivity index (χ3n) is 3.39. The summed E-state index contributed by atoms with van der Waals surface area (Å²) >= 11 is 0. The van der Waals surface area contributed by atoms with Gasteiger partial charge in [0.2, 0.25) is 10.0 Å². The van der Waals surface area contributed by atoms with E-state index < -0.39 is 26.6 Å². The number of benzene rings is 2. The van der Waals surface area contributed by atoms with Gasteiger partial charge in [0.05, 0.1) is 0 Å². The normalized spacial score (nSPS) is 11.8. The van der Waals surface area contributed by atoms with Gasteiger partial charge in [-0.3, -0.25) is 0 Å². The average Bonchev–Trinajstić information content (AvgIpc) is 2.52. The first-order valence-corrected chi connectivity index (χ1v) is 8.59. The van der Waals surface area contributed by atoms with Gasteiger partial charge in [0.1, 0.15) is 11.6 Å². The molecular formula is C16H18F2N2O2S. The second kappa shape index (κ2) is 7.63. The molecule has 124 valence electrons. The molecule has 0 saturated heterocycles. The largest absolute Gasteiger partial charge is 0.329 e. The third-order valence-corrected chi connectivity index (χ3v) is 5.34. The van der Waals surface area contributed by atoms with Crippen LogP contribution in [0, 0.1) is 11.6 Å². The van der Waals surface area contributed by atoms with Gasteiger partial charge in [0.15, 0.2) is 4.90 Å². The van der Waals surface area contributed by atoms with E-state index in [1.54, 1.807) is 0 Å². The lowest BCUT2D eigenvalue weighted by atomic mass is 10.1. The topological polar surface area (TPSA) is 63.4 Å². The first-order valence-electron chi connectivity index (χ1n) is 7.15. The maximum Gasteiger partial charge on any atom is 0.248 e. The molecule has 0 saturated carbocycles. The third kappa shape index (κ3) is 4.13. The number of hydrogen-bond acceptors (Lipinski definition) is 3. The molecule has 0 bridgehead atoms. The van der Waals surface area contributed by atoms with E-state index in [4.69, 9.17) is 5.73 Å². The van der Waals surface area contributed by atoms with Crippen LogP contribution in [0.1, 0.15) is 5.56 Å². The highest BCUT2D eigenvalue weighted by atomic mass is 32.2. The molecule has 0 aliphatic heterocycles. The van der Waals surface area contributed by atoms with Gasteiger partial charge in [-0.2, -0.15) is 4.31 Å². The van der Waals surface area contributed by atoms with E-state index in [2.05, 4.69) is 0 Å². The van der Waals surface area contributed by atoms with Gasteiger partial charge in [0.25, 0.3) is 0 Å². The first kappa shape index (κ1) is 17.5. The van der Waals surface area contributed by atoms with Gasteiger partial charge in [-0.15, -0.1) is 0 Å². The van der Waals surface area contributed by atoms with E-state index in [0.717, 1.165) is 28.1 Å². The number of sulfonamides is 1. The monoisotopic (exact) mass is 340 g/mol. The molecule has 0 spiro atoms. The maximum atomic E-state index is 13.8. The number of halogens is 2. The zero-order chi connectivity index (χ0) is 16.9. The van der Waals surface area contributed by atoms with Gasteiger partial charge in [-0.25, -0.2) is 17.2 Å². The highest BCUT2D eigenvalue weighted by molar-refractivity contribution is 7.89. The minimum atomic E-state index is -4.29. The van der Waals surface area contributed by atoms with Crippen molar-refractivity contribution in [3.05, 3.63) is 65.7 Å². The summed E-state index contributed by atoms with van der Waals surface area (Å²) in [4.78, 5) is -0.929. The van der Waals surface area contributed by atoms with Crippen LogP contribution >= 0.6 is 0 Å². The minimum absolute atomic E-state index is 0.0110. The van der Waals surface area contributed by atoms with Crippen molar-refractivity contribution < 1.29 is 17.2 Å². The van der Waals surface area contributed by atoms with Crippen molar-refractivity contribution in [2.24, 2.45) is 5.73 Å². The Morgan fingerprint density at radius 3 is 2.09 bits per heavy atom. The summed E-state index contributed by atoms with van der Waals surface area (Å²) < 4.78 is 53.8. The molecule has 4 nitrogen and oxygen atoms in total. The quantitative estimate of drug-likeness (QED) is 0.840. The molecule has 0 radical (unpaired) electrons. The van der Waals surface area contributed by atoms with E-state index >= 15 is 0 Å². The molecule has 2 aromatic rings. The van der Waals surface area contributed by atoms with Crippen LogP contribution in [-0.4, -0.2) is 32.4 Å². The summed E-state index contributed by atoms with van der Waals surface area (Å²) in [6, 6.07) is 12.2. The molecule has 0 amide bonds. The van der Waals surface area contributed by atoms with Crippen molar-refractivity contribution in [1.82, 2.24) is 4.31 Å². The number of hydrogen-bond donors (Lipinski definition) is 1. The molecule has 0 aromatic heterocycles. The maximum absolute atomic E-state index is 13.8. The van der Waals surface area contributed by atoms with Crippen molar-refractivity contribution in [3.63, 3.8) is 0 Å². The Labute approximate surface area is 134 Å². The van der Waals surface area contributed by atoms with E-state index in [1.165, 1.54) is 0 Å². The summed E-state index contributed by atoms with van der Waals surface area (Å²) in [6.45, 7) is 0.143. The van der Waals surface area contributed by atoms with Crippen molar-refractivity contribution in [2.75, 3.05) is 19.6 Å². The fourth-order valence-electron chi connectivity index (χ4n) is 2.25. The van der Waals surface area contributed by atoms with Crippen LogP contribution in [0.4, 0.5) is 8.78 Å². The second-order valence-corrected chi connectivity index (χ2v) is 6.85.